The molecule has 1 spiro atoms. The third-order valence-corrected chi connectivity index (χ3v) is 5.36. The first-order chi connectivity index (χ1) is 8.10. The maximum atomic E-state index is 6.45. The van der Waals surface area contributed by atoms with Crippen molar-refractivity contribution < 1.29 is 0 Å². The van der Waals surface area contributed by atoms with E-state index in [2.05, 4.69) is 25.7 Å². The highest BCUT2D eigenvalue weighted by Crippen LogP contribution is 2.44. The maximum Gasteiger partial charge on any atom is 0.0361 e. The molecule has 2 nitrogen and oxygen atoms in total. The van der Waals surface area contributed by atoms with E-state index in [0.717, 1.165) is 11.8 Å². The maximum absolute atomic E-state index is 6.45. The minimum atomic E-state index is 0.376. The molecule has 1 saturated carbocycles. The van der Waals surface area contributed by atoms with Crippen LogP contribution in [0.25, 0.3) is 0 Å². The van der Waals surface area contributed by atoms with Crippen LogP contribution in [0.5, 0.6) is 0 Å². The Morgan fingerprint density at radius 2 is 1.88 bits per heavy atom. The van der Waals surface area contributed by atoms with Gasteiger partial charge < -0.3 is 5.73 Å². The molecule has 0 aromatic carbocycles. The zero-order valence-corrected chi connectivity index (χ0v) is 11.9. The van der Waals surface area contributed by atoms with Gasteiger partial charge in [0.05, 0.1) is 0 Å². The largest absolute Gasteiger partial charge is 0.326 e. The van der Waals surface area contributed by atoms with Crippen LogP contribution in [0.15, 0.2) is 0 Å². The number of rotatable bonds is 3. The van der Waals surface area contributed by atoms with Crippen LogP contribution in [0.3, 0.4) is 0 Å². The molecule has 0 radical (unpaired) electrons. The third-order valence-electron chi connectivity index (χ3n) is 5.36. The van der Waals surface area contributed by atoms with Gasteiger partial charge in [-0.25, -0.2) is 0 Å². The molecule has 17 heavy (non-hydrogen) atoms. The number of nitrogens with zero attached hydrogens (tertiary/aromatic N) is 1. The Morgan fingerprint density at radius 3 is 2.41 bits per heavy atom. The Labute approximate surface area is 107 Å². The van der Waals surface area contributed by atoms with Crippen LogP contribution in [0.2, 0.25) is 0 Å². The summed E-state index contributed by atoms with van der Waals surface area (Å²) in [5, 5.41) is 0. The summed E-state index contributed by atoms with van der Waals surface area (Å²) in [6, 6.07) is 0.433. The molecule has 0 amide bonds. The molecule has 2 heteroatoms. The van der Waals surface area contributed by atoms with Gasteiger partial charge in [0.2, 0.25) is 0 Å². The fourth-order valence-corrected chi connectivity index (χ4v) is 4.12. The van der Waals surface area contributed by atoms with Crippen molar-refractivity contribution in [3.63, 3.8) is 0 Å². The Bertz CT molecular complexity index is 239. The molecule has 1 heterocycles. The SMILES string of the molecule is CCCN1CCC(N)C12CCC(C(C)C)CC2. The average molecular weight is 238 g/mol. The monoisotopic (exact) mass is 238 g/mol. The second kappa shape index (κ2) is 5.27. The van der Waals surface area contributed by atoms with E-state index in [1.54, 1.807) is 0 Å². The van der Waals surface area contributed by atoms with Gasteiger partial charge in [0.15, 0.2) is 0 Å². The minimum Gasteiger partial charge on any atom is -0.326 e. The van der Waals surface area contributed by atoms with Gasteiger partial charge in [0.1, 0.15) is 0 Å². The molecule has 2 N–H and O–H groups in total. The second-order valence-electron chi connectivity index (χ2n) is 6.57. The second-order valence-corrected chi connectivity index (χ2v) is 6.57. The zero-order valence-electron chi connectivity index (χ0n) is 11.9. The molecule has 0 aromatic rings. The normalized spacial score (nSPS) is 39.4. The van der Waals surface area contributed by atoms with E-state index in [0.29, 0.717) is 11.6 Å². The van der Waals surface area contributed by atoms with Crippen molar-refractivity contribution in [2.24, 2.45) is 17.6 Å². The van der Waals surface area contributed by atoms with Crippen molar-refractivity contribution in [1.82, 2.24) is 4.90 Å². The van der Waals surface area contributed by atoms with Crippen molar-refractivity contribution in [1.29, 1.82) is 0 Å². The highest BCUT2D eigenvalue weighted by molar-refractivity contribution is 5.06. The molecular formula is C15H30N2. The Kier molecular flexibility index (Phi) is 4.14. The van der Waals surface area contributed by atoms with Gasteiger partial charge in [-0.3, -0.25) is 4.90 Å². The van der Waals surface area contributed by atoms with Crippen LogP contribution < -0.4 is 5.73 Å². The standard InChI is InChI=1S/C15H30N2/c1-4-10-17-11-7-14(16)15(17)8-5-13(6-9-15)12(2)3/h12-14H,4-11,16H2,1-3H3. The summed E-state index contributed by atoms with van der Waals surface area (Å²) in [7, 11) is 0. The molecular weight excluding hydrogens is 208 g/mol. The van der Waals surface area contributed by atoms with Crippen molar-refractivity contribution in [3.8, 4) is 0 Å². The van der Waals surface area contributed by atoms with Crippen LogP contribution in [0, 0.1) is 11.8 Å². The molecule has 1 atom stereocenters. The van der Waals surface area contributed by atoms with Gasteiger partial charge in [-0.2, -0.15) is 0 Å². The van der Waals surface area contributed by atoms with Gasteiger partial charge in [0.25, 0.3) is 0 Å². The lowest BCUT2D eigenvalue weighted by molar-refractivity contribution is 0.0539. The first-order valence-corrected chi connectivity index (χ1v) is 7.61. The molecule has 1 aliphatic carbocycles. The smallest absolute Gasteiger partial charge is 0.0361 e. The topological polar surface area (TPSA) is 29.3 Å². The highest BCUT2D eigenvalue weighted by Gasteiger charge is 2.48. The number of nitrogens with two attached hydrogens (primary N) is 1. The predicted octanol–water partition coefficient (Wildman–Crippen LogP) is 3.01. The van der Waals surface area contributed by atoms with Crippen LogP contribution in [0.4, 0.5) is 0 Å². The summed E-state index contributed by atoms with van der Waals surface area (Å²) in [5.41, 5.74) is 6.82. The van der Waals surface area contributed by atoms with E-state index in [-0.39, 0.29) is 0 Å². The Morgan fingerprint density at radius 1 is 1.24 bits per heavy atom. The zero-order chi connectivity index (χ0) is 12.5. The molecule has 2 aliphatic rings. The van der Waals surface area contributed by atoms with E-state index in [4.69, 9.17) is 5.73 Å². The van der Waals surface area contributed by atoms with Gasteiger partial charge in [-0.15, -0.1) is 0 Å². The van der Waals surface area contributed by atoms with Crippen LogP contribution in [-0.2, 0) is 0 Å². The lowest BCUT2D eigenvalue weighted by Crippen LogP contribution is -2.55. The summed E-state index contributed by atoms with van der Waals surface area (Å²) < 4.78 is 0. The predicted molar refractivity (Wildman–Crippen MR) is 74.0 cm³/mol. The van der Waals surface area contributed by atoms with Gasteiger partial charge in [-0.1, -0.05) is 20.8 Å². The fourth-order valence-electron chi connectivity index (χ4n) is 4.12. The molecule has 1 saturated heterocycles. The summed E-state index contributed by atoms with van der Waals surface area (Å²) in [4.78, 5) is 2.72. The quantitative estimate of drug-likeness (QED) is 0.819. The molecule has 0 bridgehead atoms. The van der Waals surface area contributed by atoms with Crippen molar-refractivity contribution in [3.05, 3.63) is 0 Å². The van der Waals surface area contributed by atoms with Gasteiger partial charge >= 0.3 is 0 Å². The Balaban J connectivity index is 2.03. The average Bonchev–Trinajstić information content (AvgIpc) is 2.60. The third kappa shape index (κ3) is 2.39. The molecule has 1 unspecified atom stereocenters. The first kappa shape index (κ1) is 13.4. The van der Waals surface area contributed by atoms with Gasteiger partial charge in [-0.05, 0) is 56.9 Å². The van der Waals surface area contributed by atoms with E-state index in [1.807, 2.05) is 0 Å². The molecule has 1 aliphatic heterocycles. The molecule has 0 aromatic heterocycles. The van der Waals surface area contributed by atoms with Crippen LogP contribution in [-0.4, -0.2) is 29.6 Å². The highest BCUT2D eigenvalue weighted by atomic mass is 15.2. The summed E-state index contributed by atoms with van der Waals surface area (Å²) in [6.45, 7) is 9.53. The lowest BCUT2D eigenvalue weighted by atomic mass is 9.70. The van der Waals surface area contributed by atoms with Crippen molar-refractivity contribution in [2.45, 2.75) is 70.9 Å². The summed E-state index contributed by atoms with van der Waals surface area (Å²) in [5.74, 6) is 1.79. The lowest BCUT2D eigenvalue weighted by Gasteiger charge is -2.47. The minimum absolute atomic E-state index is 0.376. The number of hydrogen-bond donors (Lipinski definition) is 1. The number of likely N-dealkylation sites (tertiary alicyclic amines) is 1. The first-order valence-electron chi connectivity index (χ1n) is 7.61. The summed E-state index contributed by atoms with van der Waals surface area (Å²) in [6.07, 6.45) is 7.96. The van der Waals surface area contributed by atoms with Crippen molar-refractivity contribution in [2.75, 3.05) is 13.1 Å². The van der Waals surface area contributed by atoms with Crippen LogP contribution >= 0.6 is 0 Å². The van der Waals surface area contributed by atoms with E-state index < -0.39 is 0 Å². The van der Waals surface area contributed by atoms with Crippen LogP contribution in [0.1, 0.15) is 59.3 Å². The van der Waals surface area contributed by atoms with Crippen molar-refractivity contribution >= 4 is 0 Å². The van der Waals surface area contributed by atoms with E-state index in [1.165, 1.54) is 51.6 Å². The molecule has 2 fully saturated rings. The van der Waals surface area contributed by atoms with E-state index >= 15 is 0 Å². The number of hydrogen-bond acceptors (Lipinski definition) is 2. The van der Waals surface area contributed by atoms with E-state index in [9.17, 15) is 0 Å². The summed E-state index contributed by atoms with van der Waals surface area (Å²) >= 11 is 0. The molecule has 2 rings (SSSR count). The molecule has 100 valence electrons. The fraction of sp³-hybridized carbons (Fsp3) is 1.00. The Hall–Kier alpha value is -0.0800. The van der Waals surface area contributed by atoms with Gasteiger partial charge in [0, 0.05) is 18.1 Å².